The van der Waals surface area contributed by atoms with Gasteiger partial charge < -0.3 is 20.1 Å². The Balaban J connectivity index is 2.20. The largest absolute Gasteiger partial charge is 0.495 e. The molecule has 1 aromatic carbocycles. The number of anilines is 1. The maximum Gasteiger partial charge on any atom is 0.282 e. The number of hydrogen-bond donors (Lipinski definition) is 1. The number of aliphatic imine (C=N–C) groups is 1. The van der Waals surface area contributed by atoms with E-state index in [0.29, 0.717) is 23.4 Å². The van der Waals surface area contributed by atoms with Gasteiger partial charge in [0, 0.05) is 24.3 Å². The normalized spacial score (nSPS) is 17.9. The third-order valence-electron chi connectivity index (χ3n) is 3.23. The Morgan fingerprint density at radius 3 is 2.85 bits per heavy atom. The second-order valence-electron chi connectivity index (χ2n) is 5.00. The number of nitrogens with zero attached hydrogens (tertiary/aromatic N) is 2. The molecule has 6 heteroatoms. The number of ether oxygens (including phenoxy) is 2. The quantitative estimate of drug-likeness (QED) is 0.906. The van der Waals surface area contributed by atoms with Gasteiger partial charge in [0.05, 0.1) is 12.1 Å². The van der Waals surface area contributed by atoms with Gasteiger partial charge in [-0.1, -0.05) is 11.6 Å². The van der Waals surface area contributed by atoms with Gasteiger partial charge >= 0.3 is 0 Å². The smallest absolute Gasteiger partial charge is 0.282 e. The molecule has 1 aliphatic heterocycles. The topological polar surface area (TPSA) is 60.1 Å². The zero-order valence-corrected chi connectivity index (χ0v) is 12.7. The molecule has 20 heavy (non-hydrogen) atoms. The summed E-state index contributed by atoms with van der Waals surface area (Å²) >= 11 is 6.07. The number of halogens is 1. The molecule has 1 aromatic rings. The molecule has 0 fully saturated rings. The molecule has 0 aromatic heterocycles. The van der Waals surface area contributed by atoms with Crippen molar-refractivity contribution in [2.45, 2.75) is 25.9 Å². The van der Waals surface area contributed by atoms with Crippen molar-refractivity contribution in [1.82, 2.24) is 0 Å². The molecule has 0 spiro atoms. The van der Waals surface area contributed by atoms with Crippen molar-refractivity contribution in [3.8, 4) is 5.75 Å². The van der Waals surface area contributed by atoms with Gasteiger partial charge in [0.2, 0.25) is 0 Å². The minimum absolute atomic E-state index is 0.0547. The lowest BCUT2D eigenvalue weighted by molar-refractivity contribution is 0.312. The molecule has 0 radical (unpaired) electrons. The summed E-state index contributed by atoms with van der Waals surface area (Å²) in [5.41, 5.74) is 6.60. The van der Waals surface area contributed by atoms with E-state index in [1.54, 1.807) is 7.11 Å². The summed E-state index contributed by atoms with van der Waals surface area (Å²) in [6.07, 6.45) is 0. The average Bonchev–Trinajstić information content (AvgIpc) is 2.82. The molecule has 1 unspecified atom stereocenters. The first kappa shape index (κ1) is 14.8. The SMILES string of the molecule is COc1cc(N(CC2COC(N)=N2)C(C)C)ccc1Cl. The van der Waals surface area contributed by atoms with Crippen LogP contribution in [0, 0.1) is 0 Å². The molecule has 5 nitrogen and oxygen atoms in total. The Morgan fingerprint density at radius 2 is 2.30 bits per heavy atom. The van der Waals surface area contributed by atoms with E-state index >= 15 is 0 Å². The second kappa shape index (κ2) is 6.22. The molecule has 2 rings (SSSR count). The predicted octanol–water partition coefficient (Wildman–Crippen LogP) is 2.28. The maximum atomic E-state index is 6.07. The Hall–Kier alpha value is -1.62. The highest BCUT2D eigenvalue weighted by Gasteiger charge is 2.22. The van der Waals surface area contributed by atoms with E-state index in [9.17, 15) is 0 Å². The first-order valence-electron chi connectivity index (χ1n) is 6.57. The van der Waals surface area contributed by atoms with E-state index < -0.39 is 0 Å². The molecule has 0 amide bonds. The molecular formula is C14H20ClN3O2. The van der Waals surface area contributed by atoms with E-state index in [-0.39, 0.29) is 12.1 Å². The maximum absolute atomic E-state index is 6.07. The summed E-state index contributed by atoms with van der Waals surface area (Å²) in [6, 6.07) is 6.40. The minimum atomic E-state index is 0.0547. The zero-order chi connectivity index (χ0) is 14.7. The van der Waals surface area contributed by atoms with Crippen LogP contribution in [0.2, 0.25) is 5.02 Å². The van der Waals surface area contributed by atoms with Gasteiger partial charge in [-0.25, -0.2) is 4.99 Å². The number of rotatable bonds is 5. The third-order valence-corrected chi connectivity index (χ3v) is 3.54. The molecular weight excluding hydrogens is 278 g/mol. The van der Waals surface area contributed by atoms with Gasteiger partial charge in [-0.3, -0.25) is 0 Å². The summed E-state index contributed by atoms with van der Waals surface area (Å²) in [7, 11) is 1.61. The Bertz CT molecular complexity index is 505. The van der Waals surface area contributed by atoms with E-state index in [0.717, 1.165) is 12.2 Å². The molecule has 1 heterocycles. The fourth-order valence-electron chi connectivity index (χ4n) is 2.20. The molecule has 1 aliphatic rings. The van der Waals surface area contributed by atoms with Crippen LogP contribution in [-0.4, -0.2) is 38.4 Å². The lowest BCUT2D eigenvalue weighted by atomic mass is 10.2. The second-order valence-corrected chi connectivity index (χ2v) is 5.40. The van der Waals surface area contributed by atoms with Crippen LogP contribution < -0.4 is 15.4 Å². The van der Waals surface area contributed by atoms with Crippen LogP contribution in [0.1, 0.15) is 13.8 Å². The molecule has 0 saturated heterocycles. The molecule has 110 valence electrons. The van der Waals surface area contributed by atoms with Crippen LogP contribution >= 0.6 is 11.6 Å². The van der Waals surface area contributed by atoms with Crippen LogP contribution in [0.3, 0.4) is 0 Å². The molecule has 0 aliphatic carbocycles. The Morgan fingerprint density at radius 1 is 1.55 bits per heavy atom. The van der Waals surface area contributed by atoms with E-state index in [1.807, 2.05) is 18.2 Å². The van der Waals surface area contributed by atoms with Crippen molar-refractivity contribution < 1.29 is 9.47 Å². The van der Waals surface area contributed by atoms with Gasteiger partial charge in [-0.15, -0.1) is 0 Å². The van der Waals surface area contributed by atoms with E-state index in [2.05, 4.69) is 23.7 Å². The first-order chi connectivity index (χ1) is 9.51. The number of hydrogen-bond acceptors (Lipinski definition) is 5. The first-order valence-corrected chi connectivity index (χ1v) is 6.95. The summed E-state index contributed by atoms with van der Waals surface area (Å²) in [6.45, 7) is 5.52. The zero-order valence-electron chi connectivity index (χ0n) is 12.0. The van der Waals surface area contributed by atoms with Gasteiger partial charge in [0.15, 0.2) is 0 Å². The van der Waals surface area contributed by atoms with Crippen LogP contribution in [-0.2, 0) is 4.74 Å². The van der Waals surface area contributed by atoms with Gasteiger partial charge in [0.1, 0.15) is 18.4 Å². The van der Waals surface area contributed by atoms with Crippen LogP contribution in [0.25, 0.3) is 0 Å². The lowest BCUT2D eigenvalue weighted by Crippen LogP contribution is -2.37. The highest BCUT2D eigenvalue weighted by Crippen LogP contribution is 2.30. The number of methoxy groups -OCH3 is 1. The molecule has 0 bridgehead atoms. The third kappa shape index (κ3) is 3.28. The van der Waals surface area contributed by atoms with Crippen molar-refractivity contribution in [3.63, 3.8) is 0 Å². The van der Waals surface area contributed by atoms with Crippen molar-refractivity contribution in [1.29, 1.82) is 0 Å². The standard InChI is InChI=1S/C14H20ClN3O2/c1-9(2)18(7-10-8-20-14(16)17-10)11-4-5-12(15)13(6-11)19-3/h4-6,9-10H,7-8H2,1-3H3,(H2,16,17). The molecule has 1 atom stereocenters. The van der Waals surface area contributed by atoms with Crippen molar-refractivity contribution in [2.75, 3.05) is 25.2 Å². The summed E-state index contributed by atoms with van der Waals surface area (Å²) in [5, 5.41) is 0.603. The summed E-state index contributed by atoms with van der Waals surface area (Å²) in [4.78, 5) is 6.50. The fourth-order valence-corrected chi connectivity index (χ4v) is 2.39. The lowest BCUT2D eigenvalue weighted by Gasteiger charge is -2.30. The average molecular weight is 298 g/mol. The predicted molar refractivity (Wildman–Crippen MR) is 81.8 cm³/mol. The number of benzene rings is 1. The van der Waals surface area contributed by atoms with Crippen LogP contribution in [0.4, 0.5) is 5.69 Å². The van der Waals surface area contributed by atoms with Crippen molar-refractivity contribution in [2.24, 2.45) is 10.7 Å². The summed E-state index contributed by atoms with van der Waals surface area (Å²) < 4.78 is 10.5. The fraction of sp³-hybridized carbons (Fsp3) is 0.500. The minimum Gasteiger partial charge on any atom is -0.495 e. The van der Waals surface area contributed by atoms with Gasteiger partial charge in [-0.2, -0.15) is 0 Å². The van der Waals surface area contributed by atoms with E-state index in [1.165, 1.54) is 0 Å². The molecule has 2 N–H and O–H groups in total. The monoisotopic (exact) mass is 297 g/mol. The Labute approximate surface area is 124 Å². The van der Waals surface area contributed by atoms with Crippen molar-refractivity contribution >= 4 is 23.3 Å². The van der Waals surface area contributed by atoms with Crippen LogP contribution in [0.5, 0.6) is 5.75 Å². The Kier molecular flexibility index (Phi) is 4.60. The molecule has 0 saturated carbocycles. The van der Waals surface area contributed by atoms with Crippen LogP contribution in [0.15, 0.2) is 23.2 Å². The van der Waals surface area contributed by atoms with Crippen molar-refractivity contribution in [3.05, 3.63) is 23.2 Å². The highest BCUT2D eigenvalue weighted by atomic mass is 35.5. The number of nitrogens with two attached hydrogens (primary N) is 1. The highest BCUT2D eigenvalue weighted by molar-refractivity contribution is 6.32. The number of amidine groups is 1. The van der Waals surface area contributed by atoms with Gasteiger partial charge in [0.25, 0.3) is 6.02 Å². The van der Waals surface area contributed by atoms with E-state index in [4.69, 9.17) is 26.8 Å². The van der Waals surface area contributed by atoms with Gasteiger partial charge in [-0.05, 0) is 26.0 Å². The summed E-state index contributed by atoms with van der Waals surface area (Å²) in [5.74, 6) is 0.667.